The number of nitrogens with one attached hydrogen (secondary N) is 1. The number of nitrogens with zero attached hydrogens (tertiary/aromatic N) is 1. The highest BCUT2D eigenvalue weighted by atomic mass is 32.1. The van der Waals surface area contributed by atoms with Gasteiger partial charge in [0.25, 0.3) is 11.8 Å². The first kappa shape index (κ1) is 20.1. The number of thiophene rings is 1. The number of para-hydroxylation sites is 1. The Labute approximate surface area is 180 Å². The van der Waals surface area contributed by atoms with E-state index in [1.165, 1.54) is 16.2 Å². The smallest absolute Gasteiger partial charge is 0.282 e. The van der Waals surface area contributed by atoms with Crippen molar-refractivity contribution in [1.82, 2.24) is 0 Å². The van der Waals surface area contributed by atoms with E-state index < -0.39 is 0 Å². The molecule has 0 radical (unpaired) electrons. The minimum atomic E-state index is -0.338. The maximum Gasteiger partial charge on any atom is 0.282 e. The molecule has 2 heterocycles. The maximum absolute atomic E-state index is 13.4. The van der Waals surface area contributed by atoms with Crippen LogP contribution in [-0.2, 0) is 15.0 Å². The van der Waals surface area contributed by atoms with Crippen molar-refractivity contribution in [2.45, 2.75) is 33.1 Å². The lowest BCUT2D eigenvalue weighted by Crippen LogP contribution is -2.32. The Bertz CT molecular complexity index is 1140. The number of hydrogen-bond donors (Lipinski definition) is 1. The van der Waals surface area contributed by atoms with Gasteiger partial charge >= 0.3 is 0 Å². The van der Waals surface area contributed by atoms with E-state index in [-0.39, 0.29) is 17.2 Å². The summed E-state index contributed by atoms with van der Waals surface area (Å²) in [6.45, 7) is 8.37. The van der Waals surface area contributed by atoms with E-state index in [0.717, 1.165) is 21.7 Å². The first-order chi connectivity index (χ1) is 14.3. The quantitative estimate of drug-likeness (QED) is 0.551. The molecule has 0 aliphatic carbocycles. The maximum atomic E-state index is 13.4. The number of carbonyl (C=O) groups is 2. The van der Waals surface area contributed by atoms with Crippen LogP contribution in [-0.4, -0.2) is 11.8 Å². The average Bonchev–Trinajstić information content (AvgIpc) is 3.30. The number of rotatable bonds is 4. The topological polar surface area (TPSA) is 49.4 Å². The van der Waals surface area contributed by atoms with Crippen molar-refractivity contribution in [2.24, 2.45) is 0 Å². The molecule has 1 aliphatic heterocycles. The van der Waals surface area contributed by atoms with Gasteiger partial charge in [-0.3, -0.25) is 9.59 Å². The van der Waals surface area contributed by atoms with Gasteiger partial charge in [0.05, 0.1) is 11.3 Å². The molecule has 2 aromatic carbocycles. The Balaban J connectivity index is 1.76. The predicted molar refractivity (Wildman–Crippen MR) is 124 cm³/mol. The monoisotopic (exact) mass is 416 g/mol. The van der Waals surface area contributed by atoms with E-state index in [1.807, 2.05) is 73.0 Å². The molecule has 0 bridgehead atoms. The Morgan fingerprint density at radius 1 is 0.867 bits per heavy atom. The van der Waals surface area contributed by atoms with Crippen LogP contribution in [0.25, 0.3) is 5.57 Å². The predicted octanol–water partition coefficient (Wildman–Crippen LogP) is 5.75. The van der Waals surface area contributed by atoms with Gasteiger partial charge in [-0.05, 0) is 53.1 Å². The number of carbonyl (C=O) groups excluding carboxylic acids is 2. The van der Waals surface area contributed by atoms with Gasteiger partial charge in [0.1, 0.15) is 5.70 Å². The SMILES string of the molecule is Cc1ccccc1NC1=C(c2cccs2)C(=O)N(c2ccc(C(C)(C)C)cc2)C1=O. The number of hydrogen-bond acceptors (Lipinski definition) is 4. The van der Waals surface area contributed by atoms with Gasteiger partial charge in [-0.1, -0.05) is 57.2 Å². The zero-order valence-corrected chi connectivity index (χ0v) is 18.3. The van der Waals surface area contributed by atoms with E-state index in [0.29, 0.717) is 17.0 Å². The molecular weight excluding hydrogens is 392 g/mol. The van der Waals surface area contributed by atoms with Crippen molar-refractivity contribution < 1.29 is 9.59 Å². The first-order valence-corrected chi connectivity index (χ1v) is 10.8. The molecule has 1 aliphatic rings. The fraction of sp³-hybridized carbons (Fsp3) is 0.200. The summed E-state index contributed by atoms with van der Waals surface area (Å²) in [6, 6.07) is 19.1. The molecule has 2 amide bonds. The summed E-state index contributed by atoms with van der Waals surface area (Å²) in [5.74, 6) is -0.641. The minimum absolute atomic E-state index is 0.00448. The molecule has 4 nitrogen and oxygen atoms in total. The van der Waals surface area contributed by atoms with Crippen LogP contribution in [0, 0.1) is 6.92 Å². The van der Waals surface area contributed by atoms with Crippen LogP contribution in [0.1, 0.15) is 36.8 Å². The Morgan fingerprint density at radius 3 is 2.17 bits per heavy atom. The van der Waals surface area contributed by atoms with Gasteiger partial charge in [0.2, 0.25) is 0 Å². The van der Waals surface area contributed by atoms with E-state index in [4.69, 9.17) is 0 Å². The highest BCUT2D eigenvalue weighted by molar-refractivity contribution is 7.11. The second-order valence-electron chi connectivity index (χ2n) is 8.41. The van der Waals surface area contributed by atoms with Gasteiger partial charge < -0.3 is 5.32 Å². The molecule has 0 fully saturated rings. The van der Waals surface area contributed by atoms with Gasteiger partial charge in [-0.15, -0.1) is 11.3 Å². The molecule has 1 aromatic heterocycles. The molecule has 0 spiro atoms. The summed E-state index contributed by atoms with van der Waals surface area (Å²) in [5.41, 5.74) is 4.27. The first-order valence-electron chi connectivity index (χ1n) is 9.87. The Kier molecular flexibility index (Phi) is 5.08. The summed E-state index contributed by atoms with van der Waals surface area (Å²) in [7, 11) is 0. The number of imide groups is 1. The zero-order valence-electron chi connectivity index (χ0n) is 17.5. The van der Waals surface area contributed by atoms with E-state index in [2.05, 4.69) is 26.1 Å². The molecule has 1 N–H and O–H groups in total. The highest BCUT2D eigenvalue weighted by Crippen LogP contribution is 2.36. The molecular formula is C25H24N2O2S. The third-order valence-corrected chi connectivity index (χ3v) is 6.14. The number of anilines is 2. The third kappa shape index (κ3) is 3.57. The number of aryl methyl sites for hydroxylation is 1. The molecule has 152 valence electrons. The van der Waals surface area contributed by atoms with Gasteiger partial charge in [-0.25, -0.2) is 4.90 Å². The van der Waals surface area contributed by atoms with E-state index >= 15 is 0 Å². The summed E-state index contributed by atoms with van der Waals surface area (Å²) in [6.07, 6.45) is 0. The van der Waals surface area contributed by atoms with Crippen LogP contribution >= 0.6 is 11.3 Å². The van der Waals surface area contributed by atoms with Crippen molar-refractivity contribution in [2.75, 3.05) is 10.2 Å². The molecule has 0 saturated carbocycles. The lowest BCUT2D eigenvalue weighted by atomic mass is 9.87. The fourth-order valence-electron chi connectivity index (χ4n) is 3.49. The fourth-order valence-corrected chi connectivity index (χ4v) is 4.26. The van der Waals surface area contributed by atoms with Crippen LogP contribution < -0.4 is 10.2 Å². The number of amides is 2. The molecule has 5 heteroatoms. The lowest BCUT2D eigenvalue weighted by Gasteiger charge is -2.21. The normalized spacial score (nSPS) is 14.6. The van der Waals surface area contributed by atoms with Crippen molar-refractivity contribution in [1.29, 1.82) is 0 Å². The summed E-state index contributed by atoms with van der Waals surface area (Å²) >= 11 is 1.45. The summed E-state index contributed by atoms with van der Waals surface area (Å²) in [5, 5.41) is 5.15. The zero-order chi connectivity index (χ0) is 21.5. The van der Waals surface area contributed by atoms with Crippen LogP contribution in [0.4, 0.5) is 11.4 Å². The molecule has 0 saturated heterocycles. The Hall–Kier alpha value is -3.18. The Morgan fingerprint density at radius 2 is 1.57 bits per heavy atom. The largest absolute Gasteiger partial charge is 0.350 e. The van der Waals surface area contributed by atoms with Crippen LogP contribution in [0.3, 0.4) is 0 Å². The van der Waals surface area contributed by atoms with Crippen LogP contribution in [0.15, 0.2) is 71.7 Å². The summed E-state index contributed by atoms with van der Waals surface area (Å²) < 4.78 is 0. The molecule has 0 unspecified atom stereocenters. The van der Waals surface area contributed by atoms with Crippen molar-refractivity contribution in [3.63, 3.8) is 0 Å². The van der Waals surface area contributed by atoms with Gasteiger partial charge in [0.15, 0.2) is 0 Å². The van der Waals surface area contributed by atoms with Gasteiger partial charge in [0, 0.05) is 10.6 Å². The molecule has 4 rings (SSSR count). The van der Waals surface area contributed by atoms with E-state index in [1.54, 1.807) is 0 Å². The average molecular weight is 417 g/mol. The molecule has 0 atom stereocenters. The third-order valence-electron chi connectivity index (χ3n) is 5.25. The van der Waals surface area contributed by atoms with Gasteiger partial charge in [-0.2, -0.15) is 0 Å². The van der Waals surface area contributed by atoms with Crippen LogP contribution in [0.5, 0.6) is 0 Å². The summed E-state index contributed by atoms with van der Waals surface area (Å²) in [4.78, 5) is 28.8. The highest BCUT2D eigenvalue weighted by Gasteiger charge is 2.40. The van der Waals surface area contributed by atoms with Crippen molar-refractivity contribution in [3.05, 3.63) is 87.7 Å². The molecule has 3 aromatic rings. The van der Waals surface area contributed by atoms with Crippen LogP contribution in [0.2, 0.25) is 0 Å². The molecule has 30 heavy (non-hydrogen) atoms. The standard InChI is InChI=1S/C25H24N2O2S/c1-16-8-5-6-9-19(16)26-22-21(20-10-7-15-30-20)23(28)27(24(22)29)18-13-11-17(12-14-18)25(2,3)4/h5-15,26H,1-4H3. The van der Waals surface area contributed by atoms with Crippen molar-refractivity contribution in [3.8, 4) is 0 Å². The lowest BCUT2D eigenvalue weighted by molar-refractivity contribution is -0.120. The van der Waals surface area contributed by atoms with E-state index in [9.17, 15) is 9.59 Å². The van der Waals surface area contributed by atoms with Crippen molar-refractivity contribution >= 4 is 40.1 Å². The number of benzene rings is 2. The second-order valence-corrected chi connectivity index (χ2v) is 9.36. The second kappa shape index (κ2) is 7.58. The minimum Gasteiger partial charge on any atom is -0.350 e.